The summed E-state index contributed by atoms with van der Waals surface area (Å²) in [5, 5.41) is 3.04. The lowest BCUT2D eigenvalue weighted by Gasteiger charge is -2.31. The van der Waals surface area contributed by atoms with E-state index in [9.17, 15) is 9.18 Å². The Morgan fingerprint density at radius 3 is 2.41 bits per heavy atom. The molecule has 5 heteroatoms. The van der Waals surface area contributed by atoms with E-state index < -0.39 is 11.7 Å². The van der Waals surface area contributed by atoms with Crippen LogP contribution in [0, 0.1) is 12.7 Å². The van der Waals surface area contributed by atoms with Crippen molar-refractivity contribution in [1.29, 1.82) is 0 Å². The lowest BCUT2D eigenvalue weighted by atomic mass is 10.0. The second-order valence-corrected chi connectivity index (χ2v) is 7.59. The minimum atomic E-state index is -0.596. The number of aryl methyl sites for hydroxylation is 1. The third-order valence-electron chi connectivity index (χ3n) is 5.19. The Kier molecular flexibility index (Phi) is 6.86. The summed E-state index contributed by atoms with van der Waals surface area (Å²) in [6.07, 6.45) is 4.81. The highest BCUT2D eigenvalue weighted by Gasteiger charge is 2.23. The lowest BCUT2D eigenvalue weighted by Crippen LogP contribution is -2.39. The monoisotopic (exact) mass is 388 g/mol. The smallest absolute Gasteiger partial charge is 0.255 e. The van der Waals surface area contributed by atoms with Gasteiger partial charge in [0.2, 0.25) is 0 Å². The molecule has 1 saturated heterocycles. The number of rotatable bonds is 5. The van der Waals surface area contributed by atoms with E-state index in [4.69, 9.17) is 11.6 Å². The number of likely N-dealkylation sites (tertiary alicyclic amines) is 1. The molecular weight excluding hydrogens is 363 g/mol. The van der Waals surface area contributed by atoms with Crippen LogP contribution in [-0.2, 0) is 0 Å². The van der Waals surface area contributed by atoms with Gasteiger partial charge in [0.15, 0.2) is 0 Å². The van der Waals surface area contributed by atoms with Gasteiger partial charge < -0.3 is 5.32 Å². The Morgan fingerprint density at radius 2 is 1.78 bits per heavy atom. The summed E-state index contributed by atoms with van der Waals surface area (Å²) in [5.41, 5.74) is 2.29. The largest absolute Gasteiger partial charge is 0.350 e. The van der Waals surface area contributed by atoms with Gasteiger partial charge in [0, 0.05) is 6.54 Å². The molecule has 0 bridgehead atoms. The second kappa shape index (κ2) is 9.34. The molecule has 1 aliphatic heterocycles. The molecule has 1 fully saturated rings. The van der Waals surface area contributed by atoms with E-state index in [1.54, 1.807) is 0 Å². The van der Waals surface area contributed by atoms with Crippen LogP contribution in [-0.4, -0.2) is 30.4 Å². The Labute approximate surface area is 165 Å². The van der Waals surface area contributed by atoms with Crippen molar-refractivity contribution in [1.82, 2.24) is 10.2 Å². The topological polar surface area (TPSA) is 32.3 Å². The number of amides is 1. The van der Waals surface area contributed by atoms with Crippen molar-refractivity contribution >= 4 is 17.5 Å². The number of nitrogens with zero attached hydrogens (tertiary/aromatic N) is 1. The molecule has 1 N–H and O–H groups in total. The molecule has 0 aromatic heterocycles. The lowest BCUT2D eigenvalue weighted by molar-refractivity contribution is 0.0929. The molecule has 0 saturated carbocycles. The zero-order valence-corrected chi connectivity index (χ0v) is 16.4. The van der Waals surface area contributed by atoms with Crippen LogP contribution in [0.15, 0.2) is 42.5 Å². The fourth-order valence-electron chi connectivity index (χ4n) is 3.65. The van der Waals surface area contributed by atoms with Gasteiger partial charge in [-0.15, -0.1) is 0 Å². The first-order valence-electron chi connectivity index (χ1n) is 9.59. The van der Waals surface area contributed by atoms with E-state index in [2.05, 4.69) is 41.4 Å². The molecule has 1 amide bonds. The summed E-state index contributed by atoms with van der Waals surface area (Å²) in [4.78, 5) is 15.0. The number of nitrogens with one attached hydrogen (secondary N) is 1. The van der Waals surface area contributed by atoms with Gasteiger partial charge in [0.1, 0.15) is 5.82 Å². The first-order chi connectivity index (χ1) is 13.1. The van der Waals surface area contributed by atoms with Crippen LogP contribution in [0.1, 0.15) is 53.2 Å². The normalized spacial score (nSPS) is 16.6. The minimum Gasteiger partial charge on any atom is -0.350 e. The maximum atomic E-state index is 14.0. The Morgan fingerprint density at radius 1 is 1.11 bits per heavy atom. The van der Waals surface area contributed by atoms with Gasteiger partial charge in [-0.3, -0.25) is 9.69 Å². The highest BCUT2D eigenvalue weighted by molar-refractivity contribution is 6.33. The number of hydrogen-bond donors (Lipinski definition) is 1. The summed E-state index contributed by atoms with van der Waals surface area (Å²) in [7, 11) is 0. The van der Waals surface area contributed by atoms with Crippen molar-refractivity contribution in [2.75, 3.05) is 19.6 Å². The molecule has 144 valence electrons. The summed E-state index contributed by atoms with van der Waals surface area (Å²) in [6, 6.07) is 12.8. The maximum absolute atomic E-state index is 14.0. The first-order valence-corrected chi connectivity index (χ1v) is 9.97. The third-order valence-corrected chi connectivity index (χ3v) is 5.50. The molecule has 1 aliphatic rings. The molecular formula is C22H26ClFN2O. The van der Waals surface area contributed by atoms with Crippen molar-refractivity contribution in [2.45, 2.75) is 38.6 Å². The van der Waals surface area contributed by atoms with Crippen molar-refractivity contribution in [3.05, 3.63) is 70.0 Å². The Hall–Kier alpha value is -1.91. The molecule has 1 atom stereocenters. The summed E-state index contributed by atoms with van der Waals surface area (Å²) in [6.45, 7) is 4.50. The number of hydrogen-bond acceptors (Lipinski definition) is 2. The number of carbonyl (C=O) groups is 1. The van der Waals surface area contributed by atoms with Crippen LogP contribution in [0.3, 0.4) is 0 Å². The van der Waals surface area contributed by atoms with Gasteiger partial charge in [-0.05, 0) is 50.6 Å². The number of benzene rings is 2. The van der Waals surface area contributed by atoms with Crippen molar-refractivity contribution in [2.24, 2.45) is 0 Å². The highest BCUT2D eigenvalue weighted by atomic mass is 35.5. The SMILES string of the molecule is Cc1ccc(C(CNC(=O)c2c(F)cccc2Cl)N2CCCCCC2)cc1. The molecule has 0 radical (unpaired) electrons. The standard InChI is InChI=1S/C22H26ClFN2O/c1-16-9-11-17(12-10-16)20(26-13-4-2-3-5-14-26)15-25-22(27)21-18(23)7-6-8-19(21)24/h6-12,20H,2-5,13-15H2,1H3,(H,25,27). The molecule has 0 aliphatic carbocycles. The molecule has 2 aromatic carbocycles. The van der Waals surface area contributed by atoms with Crippen LogP contribution in [0.5, 0.6) is 0 Å². The van der Waals surface area contributed by atoms with Gasteiger partial charge in [0.05, 0.1) is 16.6 Å². The maximum Gasteiger partial charge on any atom is 0.255 e. The number of carbonyl (C=O) groups excluding carboxylic acids is 1. The van der Waals surface area contributed by atoms with E-state index in [0.29, 0.717) is 6.54 Å². The first kappa shape index (κ1) is 19.8. The quantitative estimate of drug-likeness (QED) is 0.769. The van der Waals surface area contributed by atoms with Crippen LogP contribution < -0.4 is 5.32 Å². The number of halogens is 2. The van der Waals surface area contributed by atoms with Gasteiger partial charge >= 0.3 is 0 Å². The van der Waals surface area contributed by atoms with Gasteiger partial charge in [0.25, 0.3) is 5.91 Å². The van der Waals surface area contributed by atoms with E-state index in [-0.39, 0.29) is 16.6 Å². The van der Waals surface area contributed by atoms with Crippen LogP contribution in [0.2, 0.25) is 5.02 Å². The predicted octanol–water partition coefficient (Wildman–Crippen LogP) is 5.13. The molecule has 3 rings (SSSR count). The molecule has 1 unspecified atom stereocenters. The van der Waals surface area contributed by atoms with E-state index in [1.165, 1.54) is 42.2 Å². The zero-order chi connectivity index (χ0) is 19.2. The molecule has 0 spiro atoms. The van der Waals surface area contributed by atoms with Crippen LogP contribution in [0.25, 0.3) is 0 Å². The summed E-state index contributed by atoms with van der Waals surface area (Å²) in [5.74, 6) is -1.06. The van der Waals surface area contributed by atoms with Crippen LogP contribution in [0.4, 0.5) is 4.39 Å². The van der Waals surface area contributed by atoms with Gasteiger partial charge in [-0.2, -0.15) is 0 Å². The van der Waals surface area contributed by atoms with E-state index >= 15 is 0 Å². The van der Waals surface area contributed by atoms with Gasteiger partial charge in [-0.1, -0.05) is 60.3 Å². The zero-order valence-electron chi connectivity index (χ0n) is 15.7. The molecule has 1 heterocycles. The highest BCUT2D eigenvalue weighted by Crippen LogP contribution is 2.25. The van der Waals surface area contributed by atoms with Crippen LogP contribution >= 0.6 is 11.6 Å². The minimum absolute atomic E-state index is 0.0678. The Bertz CT molecular complexity index is 750. The third kappa shape index (κ3) is 5.08. The predicted molar refractivity (Wildman–Crippen MR) is 108 cm³/mol. The van der Waals surface area contributed by atoms with Gasteiger partial charge in [-0.25, -0.2) is 4.39 Å². The average Bonchev–Trinajstić information content (AvgIpc) is 2.92. The molecule has 27 heavy (non-hydrogen) atoms. The fourth-order valence-corrected chi connectivity index (χ4v) is 3.89. The summed E-state index contributed by atoms with van der Waals surface area (Å²) < 4.78 is 14.0. The van der Waals surface area contributed by atoms with Crippen molar-refractivity contribution in [3.8, 4) is 0 Å². The molecule has 3 nitrogen and oxygen atoms in total. The van der Waals surface area contributed by atoms with E-state index in [1.807, 2.05) is 0 Å². The fraction of sp³-hybridized carbons (Fsp3) is 0.409. The van der Waals surface area contributed by atoms with Crippen molar-refractivity contribution < 1.29 is 9.18 Å². The summed E-state index contributed by atoms with van der Waals surface area (Å²) >= 11 is 6.03. The van der Waals surface area contributed by atoms with Crippen molar-refractivity contribution in [3.63, 3.8) is 0 Å². The molecule has 2 aromatic rings. The second-order valence-electron chi connectivity index (χ2n) is 7.18. The average molecular weight is 389 g/mol. The van der Waals surface area contributed by atoms with E-state index in [0.717, 1.165) is 25.9 Å². The Balaban J connectivity index is 1.78.